The van der Waals surface area contributed by atoms with E-state index in [4.69, 9.17) is 0 Å². The van der Waals surface area contributed by atoms with Gasteiger partial charge in [0.1, 0.15) is 17.2 Å². The number of carbonyl (C=O) groups excluding carboxylic acids is 1. The summed E-state index contributed by atoms with van der Waals surface area (Å²) in [5, 5.41) is 28.5. The molecule has 114 valence electrons. The molecule has 3 N–H and O–H groups in total. The number of rotatable bonds is 3. The van der Waals surface area contributed by atoms with Crippen molar-refractivity contribution in [2.75, 3.05) is 0 Å². The van der Waals surface area contributed by atoms with Crippen LogP contribution < -0.4 is 0 Å². The summed E-state index contributed by atoms with van der Waals surface area (Å²) in [6.07, 6.45) is 0. The van der Waals surface area contributed by atoms with Gasteiger partial charge in [0, 0.05) is 11.1 Å². The number of benzene rings is 3. The first kappa shape index (κ1) is 14.7. The molecule has 4 heteroatoms. The highest BCUT2D eigenvalue weighted by atomic mass is 16.3. The summed E-state index contributed by atoms with van der Waals surface area (Å²) in [7, 11) is 0. The summed E-state index contributed by atoms with van der Waals surface area (Å²) in [6, 6.07) is 16.9. The molecule has 0 aliphatic carbocycles. The quantitative estimate of drug-likeness (QED) is 0.645. The van der Waals surface area contributed by atoms with E-state index < -0.39 is 0 Å². The van der Waals surface area contributed by atoms with Crippen LogP contribution in [-0.2, 0) is 0 Å². The van der Waals surface area contributed by atoms with Crippen molar-refractivity contribution in [2.45, 2.75) is 0 Å². The number of phenols is 3. The lowest BCUT2D eigenvalue weighted by Crippen LogP contribution is -2.03. The van der Waals surface area contributed by atoms with Crippen LogP contribution in [0, 0.1) is 0 Å². The summed E-state index contributed by atoms with van der Waals surface area (Å²) in [5.41, 5.74) is 2.15. The minimum absolute atomic E-state index is 0.0512. The Kier molecular flexibility index (Phi) is 3.73. The number of aromatic hydroxyl groups is 3. The summed E-state index contributed by atoms with van der Waals surface area (Å²) >= 11 is 0. The zero-order chi connectivity index (χ0) is 16.4. The van der Waals surface area contributed by atoms with Gasteiger partial charge in [0.05, 0.1) is 0 Å². The van der Waals surface area contributed by atoms with E-state index in [1.54, 1.807) is 30.3 Å². The maximum atomic E-state index is 12.7. The first-order valence-electron chi connectivity index (χ1n) is 7.01. The number of ketones is 1. The van der Waals surface area contributed by atoms with Crippen molar-refractivity contribution in [1.29, 1.82) is 0 Å². The van der Waals surface area contributed by atoms with E-state index in [-0.39, 0.29) is 23.0 Å². The van der Waals surface area contributed by atoms with Crippen LogP contribution in [0.5, 0.6) is 17.2 Å². The van der Waals surface area contributed by atoms with Crippen molar-refractivity contribution in [3.05, 3.63) is 77.9 Å². The van der Waals surface area contributed by atoms with Gasteiger partial charge in [0.25, 0.3) is 0 Å². The zero-order valence-electron chi connectivity index (χ0n) is 12.1. The fraction of sp³-hybridized carbons (Fsp3) is 0. The first-order chi connectivity index (χ1) is 11.0. The Bertz CT molecular complexity index is 850. The third kappa shape index (κ3) is 3.01. The van der Waals surface area contributed by atoms with Gasteiger partial charge < -0.3 is 15.3 Å². The van der Waals surface area contributed by atoms with Gasteiger partial charge in [0.2, 0.25) is 0 Å². The minimum atomic E-state index is -0.215. The van der Waals surface area contributed by atoms with Crippen LogP contribution in [0.3, 0.4) is 0 Å². The predicted molar refractivity (Wildman–Crippen MR) is 86.7 cm³/mol. The summed E-state index contributed by atoms with van der Waals surface area (Å²) in [5.74, 6) is 0.0507. The van der Waals surface area contributed by atoms with E-state index in [1.807, 2.05) is 0 Å². The molecule has 0 spiro atoms. The predicted octanol–water partition coefficient (Wildman–Crippen LogP) is 3.70. The highest BCUT2D eigenvalue weighted by molar-refractivity contribution is 6.13. The smallest absolute Gasteiger partial charge is 0.193 e. The second-order valence-electron chi connectivity index (χ2n) is 5.15. The van der Waals surface area contributed by atoms with Crippen molar-refractivity contribution in [3.63, 3.8) is 0 Å². The maximum absolute atomic E-state index is 12.7. The molecule has 0 saturated carbocycles. The molecule has 3 aromatic rings. The van der Waals surface area contributed by atoms with Gasteiger partial charge in [-0.3, -0.25) is 4.79 Å². The SMILES string of the molecule is O=C(c1ccc(O)cc1)c1ccc(O)cc1-c1ccc(O)cc1. The third-order valence-electron chi connectivity index (χ3n) is 3.56. The Balaban J connectivity index is 2.10. The van der Waals surface area contributed by atoms with Crippen LogP contribution in [0.2, 0.25) is 0 Å². The average Bonchev–Trinajstić information content (AvgIpc) is 2.55. The normalized spacial score (nSPS) is 10.4. The lowest BCUT2D eigenvalue weighted by molar-refractivity contribution is 0.103. The van der Waals surface area contributed by atoms with Crippen LogP contribution >= 0.6 is 0 Å². The van der Waals surface area contributed by atoms with Gasteiger partial charge in [-0.25, -0.2) is 0 Å². The van der Waals surface area contributed by atoms with E-state index >= 15 is 0 Å². The van der Waals surface area contributed by atoms with Crippen LogP contribution in [0.25, 0.3) is 11.1 Å². The standard InChI is InChI=1S/C19H14O4/c20-14-5-1-12(2-6-14)18-11-16(22)9-10-17(18)19(23)13-3-7-15(21)8-4-13/h1-11,20-22H. The van der Waals surface area contributed by atoms with Gasteiger partial charge in [0.15, 0.2) is 5.78 Å². The van der Waals surface area contributed by atoms with Gasteiger partial charge >= 0.3 is 0 Å². The number of phenolic OH excluding ortho intramolecular Hbond substituents is 3. The largest absolute Gasteiger partial charge is 0.508 e. The van der Waals surface area contributed by atoms with Gasteiger partial charge in [-0.15, -0.1) is 0 Å². The Morgan fingerprint density at radius 1 is 0.652 bits per heavy atom. The molecule has 0 aliphatic rings. The zero-order valence-corrected chi connectivity index (χ0v) is 12.1. The average molecular weight is 306 g/mol. The second kappa shape index (κ2) is 5.85. The molecule has 0 bridgehead atoms. The topological polar surface area (TPSA) is 77.8 Å². The molecule has 0 unspecified atom stereocenters. The van der Waals surface area contributed by atoms with Gasteiger partial charge in [-0.1, -0.05) is 12.1 Å². The van der Waals surface area contributed by atoms with Crippen molar-refractivity contribution in [2.24, 2.45) is 0 Å². The molecule has 0 amide bonds. The number of hydrogen-bond donors (Lipinski definition) is 3. The molecule has 0 heterocycles. The van der Waals surface area contributed by atoms with Crippen LogP contribution in [0.15, 0.2) is 66.7 Å². The monoisotopic (exact) mass is 306 g/mol. The molecule has 0 fully saturated rings. The lowest BCUT2D eigenvalue weighted by atomic mass is 9.93. The van der Waals surface area contributed by atoms with Crippen LogP contribution in [0.4, 0.5) is 0 Å². The molecule has 0 atom stereocenters. The summed E-state index contributed by atoms with van der Waals surface area (Å²) < 4.78 is 0. The van der Waals surface area contributed by atoms with Crippen molar-refractivity contribution < 1.29 is 20.1 Å². The molecule has 0 aromatic heterocycles. The molecule has 23 heavy (non-hydrogen) atoms. The van der Waals surface area contributed by atoms with Gasteiger partial charge in [-0.2, -0.15) is 0 Å². The van der Waals surface area contributed by atoms with Crippen LogP contribution in [-0.4, -0.2) is 21.1 Å². The van der Waals surface area contributed by atoms with E-state index in [0.717, 1.165) is 0 Å². The molecule has 3 rings (SSSR count). The van der Waals surface area contributed by atoms with E-state index in [2.05, 4.69) is 0 Å². The summed E-state index contributed by atoms with van der Waals surface area (Å²) in [4.78, 5) is 12.7. The Labute approximate surface area is 132 Å². The molecular weight excluding hydrogens is 292 g/mol. The number of carbonyl (C=O) groups is 1. The van der Waals surface area contributed by atoms with Crippen molar-refractivity contribution >= 4 is 5.78 Å². The Morgan fingerprint density at radius 2 is 1.17 bits per heavy atom. The number of hydrogen-bond acceptors (Lipinski definition) is 4. The molecule has 0 radical (unpaired) electrons. The molecule has 0 saturated heterocycles. The van der Waals surface area contributed by atoms with Crippen LogP contribution in [0.1, 0.15) is 15.9 Å². The first-order valence-corrected chi connectivity index (χ1v) is 7.01. The molecule has 0 aliphatic heterocycles. The Morgan fingerprint density at radius 3 is 1.78 bits per heavy atom. The minimum Gasteiger partial charge on any atom is -0.508 e. The molecule has 4 nitrogen and oxygen atoms in total. The van der Waals surface area contributed by atoms with Crippen molar-refractivity contribution in [3.8, 4) is 28.4 Å². The molecule has 3 aromatic carbocycles. The van der Waals surface area contributed by atoms with E-state index in [1.165, 1.54) is 36.4 Å². The van der Waals surface area contributed by atoms with E-state index in [9.17, 15) is 20.1 Å². The van der Waals surface area contributed by atoms with E-state index in [0.29, 0.717) is 22.3 Å². The Hall–Kier alpha value is -3.27. The highest BCUT2D eigenvalue weighted by Crippen LogP contribution is 2.30. The summed E-state index contributed by atoms with van der Waals surface area (Å²) in [6.45, 7) is 0. The fourth-order valence-electron chi connectivity index (χ4n) is 2.38. The van der Waals surface area contributed by atoms with Crippen molar-refractivity contribution in [1.82, 2.24) is 0 Å². The van der Waals surface area contributed by atoms with Gasteiger partial charge in [-0.05, 0) is 65.7 Å². The second-order valence-corrected chi connectivity index (χ2v) is 5.15. The lowest BCUT2D eigenvalue weighted by Gasteiger charge is -2.10. The third-order valence-corrected chi connectivity index (χ3v) is 3.56. The maximum Gasteiger partial charge on any atom is 0.193 e. The highest BCUT2D eigenvalue weighted by Gasteiger charge is 2.15. The molecular formula is C19H14O4. The fourth-order valence-corrected chi connectivity index (χ4v) is 2.38.